The van der Waals surface area contributed by atoms with Gasteiger partial charge in [-0.25, -0.2) is 25.9 Å². The number of halogens is 1. The van der Waals surface area contributed by atoms with E-state index in [-0.39, 0.29) is 4.90 Å². The second kappa shape index (κ2) is 4.11. The summed E-state index contributed by atoms with van der Waals surface area (Å²) in [7, 11) is -6.46. The van der Waals surface area contributed by atoms with Crippen LogP contribution in [0.5, 0.6) is 0 Å². The molecule has 0 unspecified atom stereocenters. The van der Waals surface area contributed by atoms with Crippen molar-refractivity contribution in [2.24, 2.45) is 0 Å². The van der Waals surface area contributed by atoms with Gasteiger partial charge in [0.25, 0.3) is 0 Å². The lowest BCUT2D eigenvalue weighted by Crippen LogP contribution is -2.20. The van der Waals surface area contributed by atoms with E-state index in [1.165, 1.54) is 0 Å². The molecule has 0 radical (unpaired) electrons. The molecule has 0 saturated carbocycles. The van der Waals surface area contributed by atoms with Gasteiger partial charge in [0, 0.05) is 6.26 Å². The lowest BCUT2D eigenvalue weighted by Gasteiger charge is -2.05. The minimum Gasteiger partial charge on any atom is -0.224 e. The van der Waals surface area contributed by atoms with Crippen LogP contribution in [0.4, 0.5) is 4.39 Å². The molecule has 0 aliphatic carbocycles. The predicted octanol–water partition coefficient (Wildman–Crippen LogP) is 0.137. The molecule has 0 heterocycles. The minimum absolute atomic E-state index is 0.247. The molecule has 1 aromatic carbocycles. The van der Waals surface area contributed by atoms with Crippen LogP contribution in [-0.4, -0.2) is 30.1 Å². The molecule has 1 N–H and O–H groups in total. The van der Waals surface area contributed by atoms with Gasteiger partial charge in [-0.3, -0.25) is 0 Å². The maximum Gasteiger partial charge on any atom is 0.243 e. The standard InChI is InChI=1S/C8H10FNO4S2/c1-10-16(13,14)8-5-6(15(2,11)12)3-4-7(8)9/h3-5,10H,1-2H3. The maximum absolute atomic E-state index is 13.2. The lowest BCUT2D eigenvalue weighted by molar-refractivity contribution is 0.559. The van der Waals surface area contributed by atoms with Gasteiger partial charge in [0.15, 0.2) is 9.84 Å². The highest BCUT2D eigenvalue weighted by Gasteiger charge is 2.20. The van der Waals surface area contributed by atoms with Crippen LogP contribution in [0.3, 0.4) is 0 Å². The van der Waals surface area contributed by atoms with Gasteiger partial charge in [0.05, 0.1) is 4.90 Å². The summed E-state index contributed by atoms with van der Waals surface area (Å²) in [6, 6.07) is 2.61. The molecule has 0 aliphatic heterocycles. The highest BCUT2D eigenvalue weighted by molar-refractivity contribution is 7.91. The van der Waals surface area contributed by atoms with Crippen molar-refractivity contribution in [3.05, 3.63) is 24.0 Å². The predicted molar refractivity (Wildman–Crippen MR) is 55.8 cm³/mol. The second-order valence-electron chi connectivity index (χ2n) is 3.07. The molecule has 1 aromatic rings. The third-order valence-electron chi connectivity index (χ3n) is 1.89. The van der Waals surface area contributed by atoms with Crippen molar-refractivity contribution in [3.8, 4) is 0 Å². The molecule has 0 aliphatic rings. The van der Waals surface area contributed by atoms with Crippen LogP contribution in [0.25, 0.3) is 0 Å². The van der Waals surface area contributed by atoms with Crippen molar-refractivity contribution in [1.29, 1.82) is 0 Å². The molecule has 8 heteroatoms. The van der Waals surface area contributed by atoms with Crippen molar-refractivity contribution in [2.45, 2.75) is 9.79 Å². The van der Waals surface area contributed by atoms with Crippen LogP contribution in [-0.2, 0) is 19.9 Å². The molecule has 0 fully saturated rings. The van der Waals surface area contributed by atoms with Crippen LogP contribution in [0.15, 0.2) is 28.0 Å². The number of hydrogen-bond acceptors (Lipinski definition) is 4. The van der Waals surface area contributed by atoms with Gasteiger partial charge in [-0.1, -0.05) is 0 Å². The molecule has 0 bridgehead atoms. The first kappa shape index (κ1) is 13.1. The van der Waals surface area contributed by atoms with Crippen molar-refractivity contribution in [1.82, 2.24) is 4.72 Å². The van der Waals surface area contributed by atoms with Gasteiger partial charge in [-0.05, 0) is 25.2 Å². The van der Waals surface area contributed by atoms with Gasteiger partial charge in [-0.15, -0.1) is 0 Å². The summed E-state index contributed by atoms with van der Waals surface area (Å²) < 4.78 is 60.2. The molecule has 0 amide bonds. The number of hydrogen-bond donors (Lipinski definition) is 1. The first-order valence-corrected chi connectivity index (χ1v) is 7.49. The fourth-order valence-electron chi connectivity index (χ4n) is 1.03. The Balaban J connectivity index is 3.54. The van der Waals surface area contributed by atoms with E-state index in [9.17, 15) is 21.2 Å². The molecule has 0 saturated heterocycles. The number of sulfone groups is 1. The molecule has 0 aromatic heterocycles. The van der Waals surface area contributed by atoms with Crippen LogP contribution >= 0.6 is 0 Å². The largest absolute Gasteiger partial charge is 0.243 e. The molecule has 16 heavy (non-hydrogen) atoms. The van der Waals surface area contributed by atoms with Crippen molar-refractivity contribution in [3.63, 3.8) is 0 Å². The Kier molecular flexibility index (Phi) is 3.36. The topological polar surface area (TPSA) is 80.3 Å². The van der Waals surface area contributed by atoms with Crippen LogP contribution in [0.2, 0.25) is 0 Å². The first-order chi connectivity index (χ1) is 7.18. The number of sulfonamides is 1. The van der Waals surface area contributed by atoms with Crippen molar-refractivity contribution >= 4 is 19.9 Å². The maximum atomic E-state index is 13.2. The molecular weight excluding hydrogens is 257 g/mol. The SMILES string of the molecule is CNS(=O)(=O)c1cc(S(C)(=O)=O)ccc1F. The molecular formula is C8H10FNO4S2. The van der Waals surface area contributed by atoms with E-state index in [0.717, 1.165) is 31.5 Å². The Morgan fingerprint density at radius 3 is 2.19 bits per heavy atom. The smallest absolute Gasteiger partial charge is 0.224 e. The average molecular weight is 267 g/mol. The fraction of sp³-hybridized carbons (Fsp3) is 0.250. The van der Waals surface area contributed by atoms with Crippen LogP contribution in [0.1, 0.15) is 0 Å². The van der Waals surface area contributed by atoms with Crippen molar-refractivity contribution in [2.75, 3.05) is 13.3 Å². The van der Waals surface area contributed by atoms with Crippen LogP contribution in [0, 0.1) is 5.82 Å². The highest BCUT2D eigenvalue weighted by atomic mass is 32.2. The lowest BCUT2D eigenvalue weighted by atomic mass is 10.3. The van der Waals surface area contributed by atoms with E-state index in [0.29, 0.717) is 0 Å². The highest BCUT2D eigenvalue weighted by Crippen LogP contribution is 2.19. The Hall–Kier alpha value is -0.990. The van der Waals surface area contributed by atoms with E-state index < -0.39 is 30.6 Å². The number of benzene rings is 1. The summed E-state index contributed by atoms with van der Waals surface area (Å²) in [6.45, 7) is 0. The van der Waals surface area contributed by atoms with E-state index >= 15 is 0 Å². The van der Waals surface area contributed by atoms with E-state index in [2.05, 4.69) is 0 Å². The third-order valence-corrected chi connectivity index (χ3v) is 4.43. The zero-order valence-electron chi connectivity index (χ0n) is 8.56. The third kappa shape index (κ3) is 2.57. The normalized spacial score (nSPS) is 12.7. The van der Waals surface area contributed by atoms with Crippen LogP contribution < -0.4 is 4.72 Å². The Morgan fingerprint density at radius 1 is 1.19 bits per heavy atom. The average Bonchev–Trinajstić information content (AvgIpc) is 2.16. The molecule has 1 rings (SSSR count). The summed E-state index contributed by atoms with van der Waals surface area (Å²) >= 11 is 0. The second-order valence-corrected chi connectivity index (χ2v) is 6.94. The van der Waals surface area contributed by atoms with Gasteiger partial charge < -0.3 is 0 Å². The first-order valence-electron chi connectivity index (χ1n) is 4.11. The fourth-order valence-corrected chi connectivity index (χ4v) is 2.58. The quantitative estimate of drug-likeness (QED) is 0.790. The Labute approximate surface area is 93.3 Å². The van der Waals surface area contributed by atoms with Gasteiger partial charge in [0.2, 0.25) is 10.0 Å². The molecule has 0 atom stereocenters. The zero-order chi connectivity index (χ0) is 12.6. The summed E-state index contributed by atoms with van der Waals surface area (Å²) in [5.74, 6) is -0.998. The summed E-state index contributed by atoms with van der Waals surface area (Å²) in [6.07, 6.45) is 0.913. The molecule has 5 nitrogen and oxygen atoms in total. The summed E-state index contributed by atoms with van der Waals surface area (Å²) in [4.78, 5) is -0.930. The molecule has 90 valence electrons. The van der Waals surface area contributed by atoms with E-state index in [4.69, 9.17) is 0 Å². The Bertz CT molecular complexity index is 607. The summed E-state index contributed by atoms with van der Waals surface area (Å²) in [5, 5.41) is 0. The minimum atomic E-state index is -4.00. The van der Waals surface area contributed by atoms with E-state index in [1.807, 2.05) is 4.72 Å². The van der Waals surface area contributed by atoms with Gasteiger partial charge in [0.1, 0.15) is 10.7 Å². The van der Waals surface area contributed by atoms with Crippen molar-refractivity contribution < 1.29 is 21.2 Å². The zero-order valence-corrected chi connectivity index (χ0v) is 10.2. The molecule has 0 spiro atoms. The van der Waals surface area contributed by atoms with Gasteiger partial charge in [-0.2, -0.15) is 0 Å². The van der Waals surface area contributed by atoms with E-state index in [1.54, 1.807) is 0 Å². The monoisotopic (exact) mass is 267 g/mol. The summed E-state index contributed by atoms with van der Waals surface area (Å²) in [5.41, 5.74) is 0. The van der Waals surface area contributed by atoms with Gasteiger partial charge >= 0.3 is 0 Å². The number of rotatable bonds is 3. The number of nitrogens with one attached hydrogen (secondary N) is 1. The Morgan fingerprint density at radius 2 is 1.75 bits per heavy atom.